The van der Waals surface area contributed by atoms with Crippen molar-refractivity contribution in [2.45, 2.75) is 6.92 Å². The van der Waals surface area contributed by atoms with Gasteiger partial charge in [0.1, 0.15) is 0 Å². The Labute approximate surface area is 120 Å². The average molecular weight is 295 g/mol. The predicted octanol–water partition coefficient (Wildman–Crippen LogP) is 3.37. The quantitative estimate of drug-likeness (QED) is 0.834. The number of halogens is 1. The van der Waals surface area contributed by atoms with Crippen molar-refractivity contribution in [3.05, 3.63) is 52.9 Å². The Morgan fingerprint density at radius 2 is 1.95 bits per heavy atom. The van der Waals surface area contributed by atoms with E-state index in [0.29, 0.717) is 5.02 Å². The van der Waals surface area contributed by atoms with Crippen molar-refractivity contribution in [2.24, 2.45) is 0 Å². The molecule has 6 heteroatoms. The summed E-state index contributed by atoms with van der Waals surface area (Å²) in [6.45, 7) is 1.79. The molecule has 1 aromatic carbocycles. The van der Waals surface area contributed by atoms with Gasteiger partial charge in [0.25, 0.3) is 5.91 Å². The number of carbonyl (C=O) groups excluding carboxylic acids is 1. The molecule has 0 saturated heterocycles. The van der Waals surface area contributed by atoms with Crippen LogP contribution >= 0.6 is 23.8 Å². The van der Waals surface area contributed by atoms with Crippen LogP contribution in [0.25, 0.3) is 0 Å². The van der Waals surface area contributed by atoms with E-state index in [1.807, 2.05) is 0 Å². The zero-order valence-corrected chi connectivity index (χ0v) is 11.6. The molecule has 0 aliphatic heterocycles. The molecule has 0 atom stereocenters. The van der Waals surface area contributed by atoms with E-state index in [2.05, 4.69) is 10.6 Å². The third-order valence-corrected chi connectivity index (χ3v) is 2.85. The van der Waals surface area contributed by atoms with Crippen LogP contribution in [0, 0.1) is 6.92 Å². The molecule has 1 amide bonds. The van der Waals surface area contributed by atoms with Crippen molar-refractivity contribution in [1.82, 2.24) is 5.32 Å². The Kier molecular flexibility index (Phi) is 4.19. The highest BCUT2D eigenvalue weighted by Crippen LogP contribution is 2.13. The second kappa shape index (κ2) is 5.86. The van der Waals surface area contributed by atoms with Crippen molar-refractivity contribution in [2.75, 3.05) is 5.32 Å². The fraction of sp³-hybridized carbons (Fsp3) is 0.0769. The highest BCUT2D eigenvalue weighted by atomic mass is 35.5. The van der Waals surface area contributed by atoms with Gasteiger partial charge in [0, 0.05) is 16.3 Å². The van der Waals surface area contributed by atoms with Gasteiger partial charge < -0.3 is 9.73 Å². The summed E-state index contributed by atoms with van der Waals surface area (Å²) < 4.78 is 5.08. The molecule has 0 aliphatic rings. The summed E-state index contributed by atoms with van der Waals surface area (Å²) in [6.07, 6.45) is 1.46. The van der Waals surface area contributed by atoms with Crippen molar-refractivity contribution in [3.8, 4) is 0 Å². The molecule has 1 heterocycles. The Morgan fingerprint density at radius 3 is 2.53 bits per heavy atom. The molecular weight excluding hydrogens is 284 g/mol. The van der Waals surface area contributed by atoms with Gasteiger partial charge in [-0.2, -0.15) is 0 Å². The predicted molar refractivity (Wildman–Crippen MR) is 78.6 cm³/mol. The van der Waals surface area contributed by atoms with Gasteiger partial charge in [-0.05, 0) is 49.5 Å². The topological polar surface area (TPSA) is 54.3 Å². The number of thiocarbonyl (C=S) groups is 1. The van der Waals surface area contributed by atoms with Gasteiger partial charge in [-0.1, -0.05) is 11.6 Å². The molecule has 4 nitrogen and oxygen atoms in total. The Hall–Kier alpha value is -1.85. The molecule has 0 saturated carbocycles. The number of benzene rings is 1. The standard InChI is InChI=1S/C13H11ClN2O2S/c1-8-6-7-18-11(8)12(17)16-13(19)15-10-4-2-9(14)3-5-10/h2-7H,1H3,(H2,15,16,17,19). The monoisotopic (exact) mass is 294 g/mol. The second-order valence-electron chi connectivity index (χ2n) is 3.85. The summed E-state index contributed by atoms with van der Waals surface area (Å²) in [6, 6.07) is 8.69. The van der Waals surface area contributed by atoms with Crippen LogP contribution in [0.3, 0.4) is 0 Å². The van der Waals surface area contributed by atoms with E-state index >= 15 is 0 Å². The number of nitrogens with one attached hydrogen (secondary N) is 2. The molecule has 2 N–H and O–H groups in total. The third-order valence-electron chi connectivity index (χ3n) is 2.40. The minimum Gasteiger partial charge on any atom is -0.459 e. The molecule has 0 bridgehead atoms. The van der Waals surface area contributed by atoms with E-state index in [4.69, 9.17) is 28.2 Å². The lowest BCUT2D eigenvalue weighted by molar-refractivity contribution is 0.0950. The van der Waals surface area contributed by atoms with E-state index in [-0.39, 0.29) is 16.8 Å². The minimum atomic E-state index is -0.381. The maximum Gasteiger partial charge on any atom is 0.293 e. The first-order chi connectivity index (χ1) is 9.06. The van der Waals surface area contributed by atoms with Crippen LogP contribution in [0.1, 0.15) is 16.1 Å². The molecule has 98 valence electrons. The van der Waals surface area contributed by atoms with Crippen molar-refractivity contribution < 1.29 is 9.21 Å². The first kappa shape index (κ1) is 13.6. The molecule has 0 aliphatic carbocycles. The summed E-state index contributed by atoms with van der Waals surface area (Å²) in [5, 5.41) is 6.25. The lowest BCUT2D eigenvalue weighted by atomic mass is 10.3. The van der Waals surface area contributed by atoms with Gasteiger partial charge >= 0.3 is 0 Å². The largest absolute Gasteiger partial charge is 0.459 e. The zero-order valence-electron chi connectivity index (χ0n) is 10.1. The van der Waals surface area contributed by atoms with Crippen LogP contribution in [0.4, 0.5) is 5.69 Å². The van der Waals surface area contributed by atoms with Gasteiger partial charge in [-0.15, -0.1) is 0 Å². The molecule has 19 heavy (non-hydrogen) atoms. The summed E-state index contributed by atoms with van der Waals surface area (Å²) in [7, 11) is 0. The average Bonchev–Trinajstić information content (AvgIpc) is 2.78. The summed E-state index contributed by atoms with van der Waals surface area (Å²) in [5.41, 5.74) is 1.50. The zero-order chi connectivity index (χ0) is 13.8. The maximum atomic E-state index is 11.8. The fourth-order valence-corrected chi connectivity index (χ4v) is 1.80. The van der Waals surface area contributed by atoms with Crippen molar-refractivity contribution >= 4 is 40.5 Å². The Bertz CT molecular complexity index is 607. The molecule has 0 fully saturated rings. The van der Waals surface area contributed by atoms with Gasteiger partial charge in [-0.3, -0.25) is 10.1 Å². The first-order valence-electron chi connectivity index (χ1n) is 5.48. The minimum absolute atomic E-state index is 0.197. The van der Waals surface area contributed by atoms with Crippen LogP contribution < -0.4 is 10.6 Å². The summed E-state index contributed by atoms with van der Waals surface area (Å²) >= 11 is 10.8. The van der Waals surface area contributed by atoms with E-state index in [1.54, 1.807) is 37.3 Å². The van der Waals surface area contributed by atoms with Crippen LogP contribution in [0.5, 0.6) is 0 Å². The van der Waals surface area contributed by atoms with E-state index in [0.717, 1.165) is 11.3 Å². The highest BCUT2D eigenvalue weighted by molar-refractivity contribution is 7.80. The number of rotatable bonds is 2. The van der Waals surface area contributed by atoms with E-state index < -0.39 is 0 Å². The Balaban J connectivity index is 1.96. The highest BCUT2D eigenvalue weighted by Gasteiger charge is 2.13. The molecule has 2 rings (SSSR count). The summed E-state index contributed by atoms with van der Waals surface area (Å²) in [4.78, 5) is 11.8. The molecule has 0 spiro atoms. The number of furan rings is 1. The Morgan fingerprint density at radius 1 is 1.26 bits per heavy atom. The first-order valence-corrected chi connectivity index (χ1v) is 6.27. The lowest BCUT2D eigenvalue weighted by Crippen LogP contribution is -2.34. The maximum absolute atomic E-state index is 11.8. The number of carbonyl (C=O) groups is 1. The molecule has 0 unspecified atom stereocenters. The van der Waals surface area contributed by atoms with E-state index in [9.17, 15) is 4.79 Å². The molecule has 0 radical (unpaired) electrons. The van der Waals surface area contributed by atoms with Crippen LogP contribution in [0.15, 0.2) is 41.0 Å². The normalized spacial score (nSPS) is 10.0. The summed E-state index contributed by atoms with van der Waals surface area (Å²) in [5.74, 6) is -0.130. The third kappa shape index (κ3) is 3.56. The van der Waals surface area contributed by atoms with Gasteiger partial charge in [-0.25, -0.2) is 0 Å². The number of hydrogen-bond donors (Lipinski definition) is 2. The van der Waals surface area contributed by atoms with Gasteiger partial charge in [0.05, 0.1) is 6.26 Å². The van der Waals surface area contributed by atoms with Crippen LogP contribution in [-0.4, -0.2) is 11.0 Å². The number of hydrogen-bond acceptors (Lipinski definition) is 3. The number of aryl methyl sites for hydroxylation is 1. The van der Waals surface area contributed by atoms with Crippen LogP contribution in [0.2, 0.25) is 5.02 Å². The van der Waals surface area contributed by atoms with Gasteiger partial charge in [0.15, 0.2) is 10.9 Å². The number of anilines is 1. The molecule has 1 aromatic heterocycles. The molecule has 2 aromatic rings. The second-order valence-corrected chi connectivity index (χ2v) is 4.69. The van der Waals surface area contributed by atoms with Crippen molar-refractivity contribution in [3.63, 3.8) is 0 Å². The lowest BCUT2D eigenvalue weighted by Gasteiger charge is -2.08. The van der Waals surface area contributed by atoms with Crippen molar-refractivity contribution in [1.29, 1.82) is 0 Å². The fourth-order valence-electron chi connectivity index (χ4n) is 1.46. The van der Waals surface area contributed by atoms with Crippen LogP contribution in [-0.2, 0) is 0 Å². The smallest absolute Gasteiger partial charge is 0.293 e. The molecular formula is C13H11ClN2O2S. The van der Waals surface area contributed by atoms with Gasteiger partial charge in [0.2, 0.25) is 0 Å². The number of amides is 1. The van der Waals surface area contributed by atoms with E-state index in [1.165, 1.54) is 6.26 Å². The SMILES string of the molecule is Cc1ccoc1C(=O)NC(=S)Nc1ccc(Cl)cc1.